The monoisotopic (exact) mass is 385 g/mol. The van der Waals surface area contributed by atoms with Gasteiger partial charge in [0.15, 0.2) is 0 Å². The van der Waals surface area contributed by atoms with Gasteiger partial charge in [0.05, 0.1) is 12.1 Å². The van der Waals surface area contributed by atoms with E-state index >= 15 is 0 Å². The van der Waals surface area contributed by atoms with E-state index in [1.54, 1.807) is 0 Å². The van der Waals surface area contributed by atoms with Crippen LogP contribution in [0.5, 0.6) is 0 Å². The zero-order valence-electron chi connectivity index (χ0n) is 15.7. The first-order valence-corrected chi connectivity index (χ1v) is 10.7. The quantitative estimate of drug-likeness (QED) is 0.737. The zero-order chi connectivity index (χ0) is 18.2. The predicted octanol–water partition coefficient (Wildman–Crippen LogP) is 4.41. The molecule has 2 saturated carbocycles. The number of ether oxygens (including phenoxy) is 1. The van der Waals surface area contributed by atoms with Crippen LogP contribution in [0.15, 0.2) is 42.7 Å². The van der Waals surface area contributed by atoms with Crippen LogP contribution in [0, 0.1) is 17.8 Å². The Hall–Kier alpha value is -1.36. The summed E-state index contributed by atoms with van der Waals surface area (Å²) in [5.41, 5.74) is 1.31. The Kier molecular flexibility index (Phi) is 4.97. The molecule has 1 aliphatic heterocycles. The van der Waals surface area contributed by atoms with E-state index < -0.39 is 0 Å². The smallest absolute Gasteiger partial charge is 0.0802 e. The number of halogens is 1. The van der Waals surface area contributed by atoms with Crippen molar-refractivity contribution >= 4 is 11.6 Å². The third-order valence-corrected chi connectivity index (χ3v) is 6.80. The fourth-order valence-electron chi connectivity index (χ4n) is 4.99. The van der Waals surface area contributed by atoms with Gasteiger partial charge < -0.3 is 4.74 Å². The van der Waals surface area contributed by atoms with Gasteiger partial charge in [0.2, 0.25) is 0 Å². The number of aromatic nitrogens is 2. The van der Waals surface area contributed by atoms with E-state index in [4.69, 9.17) is 16.3 Å². The molecule has 0 spiro atoms. The van der Waals surface area contributed by atoms with Crippen molar-refractivity contribution in [1.29, 1.82) is 0 Å². The number of rotatable bonds is 6. The summed E-state index contributed by atoms with van der Waals surface area (Å²) in [6, 6.07) is 10.7. The summed E-state index contributed by atoms with van der Waals surface area (Å²) < 4.78 is 8.57. The molecule has 1 aromatic heterocycles. The van der Waals surface area contributed by atoms with Crippen LogP contribution in [0.25, 0.3) is 0 Å². The highest BCUT2D eigenvalue weighted by atomic mass is 35.5. The minimum absolute atomic E-state index is 0.304. The maximum absolute atomic E-state index is 6.42. The second-order valence-electron chi connectivity index (χ2n) is 8.68. The molecule has 5 rings (SSSR count). The van der Waals surface area contributed by atoms with Crippen LogP contribution in [-0.4, -0.2) is 40.5 Å². The lowest BCUT2D eigenvalue weighted by Gasteiger charge is -2.38. The Morgan fingerprint density at radius 2 is 1.96 bits per heavy atom. The molecule has 144 valence electrons. The fraction of sp³-hybridized carbons (Fsp3) is 0.591. The molecular weight excluding hydrogens is 358 g/mol. The summed E-state index contributed by atoms with van der Waals surface area (Å²) in [6.07, 6.45) is 9.33. The lowest BCUT2D eigenvalue weighted by molar-refractivity contribution is -0.0371. The highest BCUT2D eigenvalue weighted by molar-refractivity contribution is 6.30. The minimum atomic E-state index is 0.304. The van der Waals surface area contributed by atoms with E-state index in [2.05, 4.69) is 39.1 Å². The van der Waals surface area contributed by atoms with Crippen molar-refractivity contribution in [3.63, 3.8) is 0 Å². The van der Waals surface area contributed by atoms with Gasteiger partial charge in [-0.15, -0.1) is 0 Å². The first-order chi connectivity index (χ1) is 13.2. The van der Waals surface area contributed by atoms with Crippen LogP contribution in [-0.2, 0) is 11.3 Å². The van der Waals surface area contributed by atoms with Crippen molar-refractivity contribution in [2.75, 3.05) is 19.7 Å². The van der Waals surface area contributed by atoms with E-state index in [1.807, 2.05) is 18.3 Å². The maximum Gasteiger partial charge on any atom is 0.0802 e. The molecule has 27 heavy (non-hydrogen) atoms. The fourth-order valence-corrected chi connectivity index (χ4v) is 5.20. The Labute approximate surface area is 166 Å². The molecule has 0 N–H and O–H groups in total. The lowest BCUT2D eigenvalue weighted by Crippen LogP contribution is -2.38. The molecule has 0 unspecified atom stereocenters. The Balaban J connectivity index is 1.27. The van der Waals surface area contributed by atoms with Gasteiger partial charge in [-0.1, -0.05) is 23.7 Å². The van der Waals surface area contributed by atoms with Crippen molar-refractivity contribution in [1.82, 2.24) is 14.7 Å². The molecule has 2 aliphatic carbocycles. The molecule has 2 heterocycles. The standard InChI is InChI=1S/C22H28ClN3O/c23-20-4-1-3-17(9-20)12-25-13-18-10-21(26-8-2-7-24-26)22(11-19(18)14-25)27-15-16-5-6-16/h1-4,7-9,16,18-19,21-22H,5-6,10-15H2/t18-,19+,21-,22-/m0/s1. The lowest BCUT2D eigenvalue weighted by atomic mass is 9.77. The van der Waals surface area contributed by atoms with Gasteiger partial charge in [0.25, 0.3) is 0 Å². The number of likely N-dealkylation sites (tertiary alicyclic amines) is 1. The molecule has 0 amide bonds. The molecule has 5 heteroatoms. The highest BCUT2D eigenvalue weighted by Gasteiger charge is 2.43. The van der Waals surface area contributed by atoms with E-state index in [-0.39, 0.29) is 0 Å². The average molecular weight is 386 g/mol. The van der Waals surface area contributed by atoms with Gasteiger partial charge in [0.1, 0.15) is 0 Å². The summed E-state index contributed by atoms with van der Waals surface area (Å²) in [6.45, 7) is 4.27. The summed E-state index contributed by atoms with van der Waals surface area (Å²) in [5.74, 6) is 2.28. The molecular formula is C22H28ClN3O. The van der Waals surface area contributed by atoms with Gasteiger partial charge >= 0.3 is 0 Å². The predicted molar refractivity (Wildman–Crippen MR) is 107 cm³/mol. The van der Waals surface area contributed by atoms with Crippen molar-refractivity contribution in [2.45, 2.75) is 44.4 Å². The van der Waals surface area contributed by atoms with Crippen molar-refractivity contribution in [3.05, 3.63) is 53.3 Å². The van der Waals surface area contributed by atoms with Gasteiger partial charge in [0, 0.05) is 43.7 Å². The second-order valence-corrected chi connectivity index (χ2v) is 9.12. The Bertz CT molecular complexity index is 761. The molecule has 1 aromatic carbocycles. The minimum Gasteiger partial charge on any atom is -0.376 e. The topological polar surface area (TPSA) is 30.3 Å². The molecule has 4 atom stereocenters. The average Bonchev–Trinajstić information content (AvgIpc) is 3.16. The van der Waals surface area contributed by atoms with Gasteiger partial charge in [-0.2, -0.15) is 5.10 Å². The van der Waals surface area contributed by atoms with Crippen LogP contribution >= 0.6 is 11.6 Å². The normalized spacial score (nSPS) is 31.1. The summed E-state index contributed by atoms with van der Waals surface area (Å²) in [4.78, 5) is 2.60. The molecule has 2 aromatic rings. The van der Waals surface area contributed by atoms with E-state index in [9.17, 15) is 0 Å². The molecule has 0 bridgehead atoms. The van der Waals surface area contributed by atoms with Crippen molar-refractivity contribution < 1.29 is 4.74 Å². The van der Waals surface area contributed by atoms with E-state index in [0.29, 0.717) is 12.1 Å². The molecule has 3 fully saturated rings. The summed E-state index contributed by atoms with van der Waals surface area (Å²) in [7, 11) is 0. The number of fused-ring (bicyclic) bond motifs is 1. The highest BCUT2D eigenvalue weighted by Crippen LogP contribution is 2.43. The number of hydrogen-bond acceptors (Lipinski definition) is 3. The van der Waals surface area contributed by atoms with Gasteiger partial charge in [-0.3, -0.25) is 9.58 Å². The summed E-state index contributed by atoms with van der Waals surface area (Å²) in [5, 5.41) is 5.38. The van der Waals surface area contributed by atoms with Crippen molar-refractivity contribution in [2.24, 2.45) is 17.8 Å². The first-order valence-electron chi connectivity index (χ1n) is 10.3. The van der Waals surface area contributed by atoms with Crippen LogP contribution < -0.4 is 0 Å². The zero-order valence-corrected chi connectivity index (χ0v) is 16.5. The molecule has 0 radical (unpaired) electrons. The third-order valence-electron chi connectivity index (χ3n) is 6.56. The molecule has 3 aliphatic rings. The molecule has 1 saturated heterocycles. The van der Waals surface area contributed by atoms with Gasteiger partial charge in [-0.25, -0.2) is 0 Å². The third kappa shape index (κ3) is 4.08. The van der Waals surface area contributed by atoms with E-state index in [0.717, 1.165) is 42.3 Å². The van der Waals surface area contributed by atoms with Crippen LogP contribution in [0.4, 0.5) is 0 Å². The van der Waals surface area contributed by atoms with Crippen LogP contribution in [0.3, 0.4) is 0 Å². The largest absolute Gasteiger partial charge is 0.376 e. The second kappa shape index (κ2) is 7.57. The Morgan fingerprint density at radius 1 is 1.11 bits per heavy atom. The SMILES string of the molecule is Clc1cccc(CN2C[C@H]3C[C@H](OCC4CC4)[C@@H](n4cccn4)C[C@H]3C2)c1. The Morgan fingerprint density at radius 3 is 2.70 bits per heavy atom. The van der Waals surface area contributed by atoms with E-state index in [1.165, 1.54) is 37.9 Å². The van der Waals surface area contributed by atoms with Crippen LogP contribution in [0.2, 0.25) is 5.02 Å². The summed E-state index contributed by atoms with van der Waals surface area (Å²) >= 11 is 6.17. The number of hydrogen-bond donors (Lipinski definition) is 0. The molecule has 4 nitrogen and oxygen atoms in total. The van der Waals surface area contributed by atoms with Crippen LogP contribution in [0.1, 0.15) is 37.3 Å². The number of benzene rings is 1. The van der Waals surface area contributed by atoms with Gasteiger partial charge in [-0.05, 0) is 67.2 Å². The number of nitrogens with zero attached hydrogens (tertiary/aromatic N) is 3. The first kappa shape index (κ1) is 17.7. The van der Waals surface area contributed by atoms with Crippen molar-refractivity contribution in [3.8, 4) is 0 Å². The maximum atomic E-state index is 6.42.